The summed E-state index contributed by atoms with van der Waals surface area (Å²) in [5, 5.41) is 3.60. The van der Waals surface area contributed by atoms with E-state index in [9.17, 15) is 0 Å². The maximum Gasteiger partial charge on any atom is 0.122 e. The topological polar surface area (TPSA) is 21.3 Å². The maximum absolute atomic E-state index is 5.77. The monoisotopic (exact) mass is 247 g/mol. The van der Waals surface area contributed by atoms with E-state index in [4.69, 9.17) is 4.74 Å². The fourth-order valence-electron chi connectivity index (χ4n) is 2.61. The predicted molar refractivity (Wildman–Crippen MR) is 76.3 cm³/mol. The van der Waals surface area contributed by atoms with Gasteiger partial charge in [0, 0.05) is 6.04 Å². The lowest BCUT2D eigenvalue weighted by Gasteiger charge is -2.23. The summed E-state index contributed by atoms with van der Waals surface area (Å²) in [6.45, 7) is 7.45. The van der Waals surface area contributed by atoms with Crippen LogP contribution in [0.3, 0.4) is 0 Å². The summed E-state index contributed by atoms with van der Waals surface area (Å²) in [5.74, 6) is 1.02. The Bertz CT molecular complexity index is 381. The molecule has 1 N–H and O–H groups in total. The van der Waals surface area contributed by atoms with E-state index in [1.807, 2.05) is 0 Å². The van der Waals surface area contributed by atoms with Gasteiger partial charge in [0.2, 0.25) is 0 Å². The second-order valence-corrected chi connectivity index (χ2v) is 5.62. The Labute approximate surface area is 111 Å². The molecule has 1 saturated heterocycles. The summed E-state index contributed by atoms with van der Waals surface area (Å²) in [6.07, 6.45) is 5.39. The van der Waals surface area contributed by atoms with Crippen molar-refractivity contribution in [3.8, 4) is 5.75 Å². The Hall–Kier alpha value is -1.02. The Morgan fingerprint density at radius 2 is 2.17 bits per heavy atom. The molecule has 0 radical (unpaired) electrons. The van der Waals surface area contributed by atoms with Crippen LogP contribution in [0.15, 0.2) is 18.2 Å². The Morgan fingerprint density at radius 1 is 1.33 bits per heavy atom. The summed E-state index contributed by atoms with van der Waals surface area (Å²) in [4.78, 5) is 0. The zero-order valence-corrected chi connectivity index (χ0v) is 11.8. The number of rotatable bonds is 4. The number of aryl methyl sites for hydroxylation is 1. The van der Waals surface area contributed by atoms with Crippen molar-refractivity contribution in [3.05, 3.63) is 29.3 Å². The van der Waals surface area contributed by atoms with Crippen molar-refractivity contribution < 1.29 is 4.74 Å². The van der Waals surface area contributed by atoms with E-state index in [0.717, 1.165) is 12.2 Å². The smallest absolute Gasteiger partial charge is 0.122 e. The minimum atomic E-state index is 0.245. The van der Waals surface area contributed by atoms with E-state index in [1.165, 1.54) is 36.9 Å². The third-order valence-corrected chi connectivity index (χ3v) is 3.50. The fraction of sp³-hybridized carbons (Fsp3) is 0.625. The van der Waals surface area contributed by atoms with Crippen LogP contribution in [0.2, 0.25) is 0 Å². The molecule has 0 aliphatic carbocycles. The van der Waals surface area contributed by atoms with Crippen LogP contribution >= 0.6 is 0 Å². The molecule has 1 heterocycles. The molecule has 0 spiro atoms. The van der Waals surface area contributed by atoms with Gasteiger partial charge in [0.1, 0.15) is 5.75 Å². The molecule has 1 fully saturated rings. The quantitative estimate of drug-likeness (QED) is 0.879. The van der Waals surface area contributed by atoms with Crippen molar-refractivity contribution in [1.82, 2.24) is 5.32 Å². The second kappa shape index (κ2) is 6.24. The number of piperidine rings is 1. The van der Waals surface area contributed by atoms with E-state index in [2.05, 4.69) is 44.3 Å². The van der Waals surface area contributed by atoms with Crippen molar-refractivity contribution in [2.75, 3.05) is 6.54 Å². The standard InChI is InChI=1S/C16H25NO/c1-12(2)18-16-8-7-14(10-13(16)3)11-15-6-4-5-9-17-15/h7-8,10,12,15,17H,4-6,9,11H2,1-3H3. The van der Waals surface area contributed by atoms with Gasteiger partial charge < -0.3 is 10.1 Å². The van der Waals surface area contributed by atoms with E-state index >= 15 is 0 Å². The van der Waals surface area contributed by atoms with Crippen LogP contribution in [0.4, 0.5) is 0 Å². The molecule has 0 aromatic heterocycles. The number of hydrogen-bond acceptors (Lipinski definition) is 2. The summed E-state index contributed by atoms with van der Waals surface area (Å²) in [5.41, 5.74) is 2.67. The van der Waals surface area contributed by atoms with Crippen LogP contribution in [-0.4, -0.2) is 18.7 Å². The molecule has 0 bridgehead atoms. The molecule has 2 heteroatoms. The summed E-state index contributed by atoms with van der Waals surface area (Å²) < 4.78 is 5.77. The number of hydrogen-bond donors (Lipinski definition) is 1. The number of nitrogens with one attached hydrogen (secondary N) is 1. The molecule has 1 aliphatic heterocycles. The summed E-state index contributed by atoms with van der Waals surface area (Å²) in [7, 11) is 0. The van der Waals surface area contributed by atoms with Crippen LogP contribution in [0, 0.1) is 6.92 Å². The zero-order chi connectivity index (χ0) is 13.0. The Balaban J connectivity index is 1.99. The van der Waals surface area contributed by atoms with Gasteiger partial charge in [-0.15, -0.1) is 0 Å². The van der Waals surface area contributed by atoms with Gasteiger partial charge in [-0.1, -0.05) is 18.6 Å². The zero-order valence-electron chi connectivity index (χ0n) is 11.8. The summed E-state index contributed by atoms with van der Waals surface area (Å²) >= 11 is 0. The molecular formula is C16H25NO. The van der Waals surface area contributed by atoms with Gasteiger partial charge in [-0.05, 0) is 63.8 Å². The van der Waals surface area contributed by atoms with Gasteiger partial charge in [0.25, 0.3) is 0 Å². The highest BCUT2D eigenvalue weighted by molar-refractivity contribution is 5.36. The molecule has 18 heavy (non-hydrogen) atoms. The van der Waals surface area contributed by atoms with E-state index in [1.54, 1.807) is 0 Å². The number of benzene rings is 1. The van der Waals surface area contributed by atoms with Gasteiger partial charge in [0.05, 0.1) is 6.10 Å². The lowest BCUT2D eigenvalue weighted by atomic mass is 9.97. The normalized spacial score (nSPS) is 20.1. The highest BCUT2D eigenvalue weighted by Crippen LogP contribution is 2.22. The molecule has 1 aromatic rings. The molecule has 1 aromatic carbocycles. The van der Waals surface area contributed by atoms with Crippen molar-refractivity contribution in [2.45, 2.75) is 58.6 Å². The van der Waals surface area contributed by atoms with Gasteiger partial charge in [-0.3, -0.25) is 0 Å². The van der Waals surface area contributed by atoms with E-state index < -0.39 is 0 Å². The average Bonchev–Trinajstić information content (AvgIpc) is 2.33. The van der Waals surface area contributed by atoms with Crippen molar-refractivity contribution >= 4 is 0 Å². The van der Waals surface area contributed by atoms with Crippen LogP contribution in [-0.2, 0) is 6.42 Å². The van der Waals surface area contributed by atoms with Gasteiger partial charge in [-0.25, -0.2) is 0 Å². The molecule has 0 saturated carbocycles. The van der Waals surface area contributed by atoms with Gasteiger partial charge >= 0.3 is 0 Å². The van der Waals surface area contributed by atoms with Crippen LogP contribution < -0.4 is 10.1 Å². The first-order valence-electron chi connectivity index (χ1n) is 7.14. The van der Waals surface area contributed by atoms with Gasteiger partial charge in [-0.2, -0.15) is 0 Å². The second-order valence-electron chi connectivity index (χ2n) is 5.62. The van der Waals surface area contributed by atoms with Crippen molar-refractivity contribution in [1.29, 1.82) is 0 Å². The predicted octanol–water partition coefficient (Wildman–Crippen LogP) is 3.47. The summed E-state index contributed by atoms with van der Waals surface area (Å²) in [6, 6.07) is 7.26. The molecule has 1 atom stereocenters. The van der Waals surface area contributed by atoms with Crippen molar-refractivity contribution in [3.63, 3.8) is 0 Å². The Kier molecular flexibility index (Phi) is 4.65. The highest BCUT2D eigenvalue weighted by atomic mass is 16.5. The van der Waals surface area contributed by atoms with Crippen molar-refractivity contribution in [2.24, 2.45) is 0 Å². The fourth-order valence-corrected chi connectivity index (χ4v) is 2.61. The van der Waals surface area contributed by atoms with Crippen LogP contribution in [0.25, 0.3) is 0 Å². The molecule has 2 rings (SSSR count). The lowest BCUT2D eigenvalue weighted by molar-refractivity contribution is 0.240. The number of ether oxygens (including phenoxy) is 1. The largest absolute Gasteiger partial charge is 0.491 e. The maximum atomic E-state index is 5.77. The first kappa shape index (κ1) is 13.4. The molecule has 1 aliphatic rings. The minimum Gasteiger partial charge on any atom is -0.491 e. The third kappa shape index (κ3) is 3.74. The van der Waals surface area contributed by atoms with E-state index in [0.29, 0.717) is 6.04 Å². The highest BCUT2D eigenvalue weighted by Gasteiger charge is 2.13. The van der Waals surface area contributed by atoms with E-state index in [-0.39, 0.29) is 6.10 Å². The molecule has 100 valence electrons. The minimum absolute atomic E-state index is 0.245. The lowest BCUT2D eigenvalue weighted by Crippen LogP contribution is -2.35. The Morgan fingerprint density at radius 3 is 2.78 bits per heavy atom. The molecular weight excluding hydrogens is 222 g/mol. The first-order chi connectivity index (χ1) is 8.65. The molecule has 1 unspecified atom stereocenters. The SMILES string of the molecule is Cc1cc(CC2CCCCN2)ccc1OC(C)C. The first-order valence-corrected chi connectivity index (χ1v) is 7.14. The van der Waals surface area contributed by atoms with Gasteiger partial charge in [0.15, 0.2) is 0 Å². The van der Waals surface area contributed by atoms with Crippen LogP contribution in [0.5, 0.6) is 5.75 Å². The average molecular weight is 247 g/mol. The molecule has 0 amide bonds. The molecule has 2 nitrogen and oxygen atoms in total. The van der Waals surface area contributed by atoms with Crippen LogP contribution in [0.1, 0.15) is 44.2 Å². The third-order valence-electron chi connectivity index (χ3n) is 3.50.